The Morgan fingerprint density at radius 3 is 2.44 bits per heavy atom. The van der Waals surface area contributed by atoms with E-state index in [1.165, 1.54) is 12.1 Å². The Morgan fingerprint density at radius 1 is 1.07 bits per heavy atom. The molecule has 1 atom stereocenters. The van der Waals surface area contributed by atoms with Gasteiger partial charge in [-0.15, -0.1) is 9.89 Å². The highest BCUT2D eigenvalue weighted by Gasteiger charge is 2.28. The lowest BCUT2D eigenvalue weighted by Gasteiger charge is -2.08. The summed E-state index contributed by atoms with van der Waals surface area (Å²) in [4.78, 5) is 9.20. The minimum atomic E-state index is -3.76. The molecule has 0 radical (unpaired) electrons. The van der Waals surface area contributed by atoms with Crippen molar-refractivity contribution in [1.82, 2.24) is 15.1 Å². The van der Waals surface area contributed by atoms with Crippen molar-refractivity contribution in [1.29, 1.82) is 0 Å². The Morgan fingerprint density at radius 2 is 1.74 bits per heavy atom. The fraction of sp³-hybridized carbons (Fsp3) is 0.167. The maximum atomic E-state index is 12.5. The van der Waals surface area contributed by atoms with Crippen LogP contribution in [0.3, 0.4) is 0 Å². The van der Waals surface area contributed by atoms with Crippen molar-refractivity contribution in [2.24, 2.45) is 5.16 Å². The summed E-state index contributed by atoms with van der Waals surface area (Å²) in [7, 11) is -3.76. The zero-order valence-corrected chi connectivity index (χ0v) is 15.3. The molecule has 3 aromatic rings. The third-order valence-corrected chi connectivity index (χ3v) is 5.57. The van der Waals surface area contributed by atoms with Gasteiger partial charge in [0, 0.05) is 6.42 Å². The van der Waals surface area contributed by atoms with Crippen molar-refractivity contribution in [3.63, 3.8) is 0 Å². The van der Waals surface area contributed by atoms with Gasteiger partial charge in [-0.3, -0.25) is 0 Å². The van der Waals surface area contributed by atoms with Gasteiger partial charge in [-0.2, -0.15) is 13.2 Å². The van der Waals surface area contributed by atoms with Crippen molar-refractivity contribution in [2.45, 2.75) is 24.3 Å². The molecular formula is C18H17N5O3S. The summed E-state index contributed by atoms with van der Waals surface area (Å²) in [5.41, 5.74) is 2.69. The van der Waals surface area contributed by atoms with Crippen molar-refractivity contribution in [3.8, 4) is 0 Å². The molecule has 0 fully saturated rings. The highest BCUT2D eigenvalue weighted by Crippen LogP contribution is 2.29. The molecule has 0 amide bonds. The quantitative estimate of drug-likeness (QED) is 0.729. The molecule has 0 saturated heterocycles. The van der Waals surface area contributed by atoms with Gasteiger partial charge in [0.25, 0.3) is 10.0 Å². The van der Waals surface area contributed by atoms with Crippen LogP contribution in [0.4, 0.5) is 0 Å². The van der Waals surface area contributed by atoms with Crippen LogP contribution in [-0.4, -0.2) is 29.2 Å². The van der Waals surface area contributed by atoms with Crippen LogP contribution < -0.4 is 4.83 Å². The molecule has 0 spiro atoms. The Hall–Kier alpha value is -3.20. The molecule has 1 unspecified atom stereocenters. The largest absolute Gasteiger partial charge is 0.387 e. The molecule has 1 N–H and O–H groups in total. The highest BCUT2D eigenvalue weighted by molar-refractivity contribution is 7.92. The SMILES string of the molecule is Cc1c(C2=NOC(c3ccccc3)C2)nnn1NS(=O)(=O)c1ccccc1. The normalized spacial score (nSPS) is 16.6. The molecule has 0 saturated carbocycles. The molecule has 4 rings (SSSR count). The summed E-state index contributed by atoms with van der Waals surface area (Å²) in [6.45, 7) is 1.72. The number of benzene rings is 2. The van der Waals surface area contributed by atoms with E-state index in [2.05, 4.69) is 20.3 Å². The Labute approximate surface area is 156 Å². The number of aromatic nitrogens is 3. The minimum absolute atomic E-state index is 0.145. The average Bonchev–Trinajstić information content (AvgIpc) is 3.31. The molecule has 27 heavy (non-hydrogen) atoms. The maximum Gasteiger partial charge on any atom is 0.276 e. The summed E-state index contributed by atoms with van der Waals surface area (Å²) in [5.74, 6) is 0. The monoisotopic (exact) mass is 383 g/mol. The lowest BCUT2D eigenvalue weighted by atomic mass is 10.0. The third-order valence-electron chi connectivity index (χ3n) is 4.27. The summed E-state index contributed by atoms with van der Waals surface area (Å²) < 4.78 is 24.9. The minimum Gasteiger partial charge on any atom is -0.387 e. The number of rotatable bonds is 5. The van der Waals surface area contributed by atoms with Crippen LogP contribution in [0.1, 0.15) is 29.5 Å². The van der Waals surface area contributed by atoms with Crippen LogP contribution in [0.5, 0.6) is 0 Å². The predicted octanol–water partition coefficient (Wildman–Crippen LogP) is 2.38. The molecule has 1 aliphatic rings. The summed E-state index contributed by atoms with van der Waals surface area (Å²) in [5, 5.41) is 12.1. The molecule has 1 aromatic heterocycles. The fourth-order valence-electron chi connectivity index (χ4n) is 2.81. The van der Waals surface area contributed by atoms with Gasteiger partial charge in [0.15, 0.2) is 6.10 Å². The second-order valence-electron chi connectivity index (χ2n) is 6.09. The van der Waals surface area contributed by atoms with Crippen LogP contribution in [0.25, 0.3) is 0 Å². The molecule has 1 aliphatic heterocycles. The zero-order valence-electron chi connectivity index (χ0n) is 14.5. The van der Waals surface area contributed by atoms with E-state index in [0.29, 0.717) is 23.5 Å². The maximum absolute atomic E-state index is 12.5. The van der Waals surface area contributed by atoms with Gasteiger partial charge in [0.1, 0.15) is 11.4 Å². The molecule has 8 nitrogen and oxygen atoms in total. The fourth-order valence-corrected chi connectivity index (χ4v) is 3.83. The number of oxime groups is 1. The van der Waals surface area contributed by atoms with E-state index in [0.717, 1.165) is 10.4 Å². The first kappa shape index (κ1) is 17.2. The predicted molar refractivity (Wildman–Crippen MR) is 99.2 cm³/mol. The molecule has 9 heteroatoms. The van der Waals surface area contributed by atoms with Gasteiger partial charge < -0.3 is 4.84 Å². The molecule has 0 aliphatic carbocycles. The van der Waals surface area contributed by atoms with Crippen molar-refractivity contribution in [2.75, 3.05) is 4.83 Å². The van der Waals surface area contributed by atoms with E-state index < -0.39 is 10.0 Å². The first-order valence-corrected chi connectivity index (χ1v) is 9.81. The van der Waals surface area contributed by atoms with E-state index in [1.807, 2.05) is 30.3 Å². The summed E-state index contributed by atoms with van der Waals surface area (Å²) >= 11 is 0. The van der Waals surface area contributed by atoms with Crippen molar-refractivity contribution in [3.05, 3.63) is 77.6 Å². The van der Waals surface area contributed by atoms with Gasteiger partial charge in [-0.25, -0.2) is 0 Å². The van der Waals surface area contributed by atoms with E-state index in [4.69, 9.17) is 4.84 Å². The Kier molecular flexibility index (Phi) is 4.36. The van der Waals surface area contributed by atoms with E-state index in [9.17, 15) is 8.42 Å². The van der Waals surface area contributed by atoms with Gasteiger partial charge in [0.2, 0.25) is 0 Å². The zero-order chi connectivity index (χ0) is 18.9. The highest BCUT2D eigenvalue weighted by atomic mass is 32.2. The first-order valence-electron chi connectivity index (χ1n) is 8.33. The molecule has 2 aromatic carbocycles. The van der Waals surface area contributed by atoms with Gasteiger partial charge in [-0.05, 0) is 29.8 Å². The van der Waals surface area contributed by atoms with Crippen LogP contribution in [0.2, 0.25) is 0 Å². The van der Waals surface area contributed by atoms with E-state index >= 15 is 0 Å². The van der Waals surface area contributed by atoms with Gasteiger partial charge >= 0.3 is 0 Å². The number of nitrogens with zero attached hydrogens (tertiary/aromatic N) is 4. The van der Waals surface area contributed by atoms with Crippen LogP contribution in [-0.2, 0) is 14.9 Å². The molecule has 138 valence electrons. The Balaban J connectivity index is 1.53. The standard InChI is InChI=1S/C18H17N5O3S/c1-13-18(16-12-17(26-20-16)14-8-4-2-5-9-14)19-21-23(13)22-27(24,25)15-10-6-3-7-11-15/h2-11,17,22H,12H2,1H3. The first-order chi connectivity index (χ1) is 13.0. The molecule has 2 heterocycles. The summed E-state index contributed by atoms with van der Waals surface area (Å²) in [6, 6.07) is 17.8. The average molecular weight is 383 g/mol. The molecular weight excluding hydrogens is 366 g/mol. The van der Waals surface area contributed by atoms with Crippen molar-refractivity contribution >= 4 is 15.7 Å². The number of hydrogen-bond donors (Lipinski definition) is 1. The van der Waals surface area contributed by atoms with Crippen LogP contribution in [0.15, 0.2) is 70.7 Å². The number of nitrogens with one attached hydrogen (secondary N) is 1. The second kappa shape index (κ2) is 6.84. The lowest BCUT2D eigenvalue weighted by Crippen LogP contribution is -2.25. The lowest BCUT2D eigenvalue weighted by molar-refractivity contribution is 0.0857. The topological polar surface area (TPSA) is 98.5 Å². The Bertz CT molecular complexity index is 1080. The smallest absolute Gasteiger partial charge is 0.276 e. The van der Waals surface area contributed by atoms with Gasteiger partial charge in [-0.1, -0.05) is 53.7 Å². The number of hydrogen-bond acceptors (Lipinski definition) is 6. The van der Waals surface area contributed by atoms with Crippen LogP contribution in [0, 0.1) is 6.92 Å². The third kappa shape index (κ3) is 3.41. The second-order valence-corrected chi connectivity index (χ2v) is 7.75. The summed E-state index contributed by atoms with van der Waals surface area (Å²) in [6.07, 6.45) is 0.349. The van der Waals surface area contributed by atoms with Crippen LogP contribution >= 0.6 is 0 Å². The van der Waals surface area contributed by atoms with E-state index in [-0.39, 0.29) is 11.0 Å². The van der Waals surface area contributed by atoms with E-state index in [1.54, 1.807) is 25.1 Å². The van der Waals surface area contributed by atoms with Crippen molar-refractivity contribution < 1.29 is 13.3 Å². The number of sulfonamides is 1. The van der Waals surface area contributed by atoms with Gasteiger partial charge in [0.05, 0.1) is 10.6 Å². The molecule has 0 bridgehead atoms.